The lowest BCUT2D eigenvalue weighted by Gasteiger charge is -2.37. The van der Waals surface area contributed by atoms with Crippen molar-refractivity contribution in [3.63, 3.8) is 0 Å². The Balaban J connectivity index is 1.43. The zero-order valence-corrected chi connectivity index (χ0v) is 29.0. The fourth-order valence-electron chi connectivity index (χ4n) is 7.84. The lowest BCUT2D eigenvalue weighted by atomic mass is 9.81. The van der Waals surface area contributed by atoms with Crippen LogP contribution in [-0.2, 0) is 31.1 Å². The van der Waals surface area contributed by atoms with Gasteiger partial charge in [0, 0.05) is 42.5 Å². The van der Waals surface area contributed by atoms with E-state index in [0.717, 1.165) is 33.9 Å². The van der Waals surface area contributed by atoms with Crippen LogP contribution in [0.1, 0.15) is 71.4 Å². The number of rotatable bonds is 10. The number of nitrogens with zero attached hydrogens (tertiary/aromatic N) is 2. The molecule has 8 nitrogen and oxygen atoms in total. The second-order valence-corrected chi connectivity index (χ2v) is 16.8. The first-order valence-electron chi connectivity index (χ1n) is 15.9. The predicted molar refractivity (Wildman–Crippen MR) is 186 cm³/mol. The number of benzene rings is 2. The van der Waals surface area contributed by atoms with Gasteiger partial charge in [0.25, 0.3) is 10.1 Å². The van der Waals surface area contributed by atoms with Gasteiger partial charge in [0.1, 0.15) is 17.9 Å². The Hall–Kier alpha value is -3.15. The summed E-state index contributed by atoms with van der Waals surface area (Å²) in [6.45, 7) is 11.9. The zero-order valence-electron chi connectivity index (χ0n) is 27.3. The van der Waals surface area contributed by atoms with Crippen LogP contribution in [0.25, 0.3) is 0 Å². The van der Waals surface area contributed by atoms with Crippen LogP contribution >= 0.6 is 0 Å². The maximum atomic E-state index is 12.7. The van der Waals surface area contributed by atoms with E-state index in [1.165, 1.54) is 5.56 Å². The van der Waals surface area contributed by atoms with Crippen molar-refractivity contribution >= 4 is 37.3 Å². The standard InChI is InChI=1S/C36H44N2O6S2/c1-27(15-12-21-32-35(2,3)28-17-6-8-19-30(28)37(32)24-10-11-26-45(39,40)41)16-13-22-33-36(4,5)29-18-7-9-20-31(29)38(33)25-14-23-34(38)46(42,43)44/h6-9,12-13,15-22,34H,10-11,14,23-26H2,1-5H3/p+2/b16-13?,21-12?,27-15?,33-22+. The number of hydrogen-bond acceptors (Lipinski definition) is 4. The van der Waals surface area contributed by atoms with Gasteiger partial charge in [-0.05, 0) is 53.2 Å². The van der Waals surface area contributed by atoms with Crippen LogP contribution < -0.4 is 4.48 Å². The summed E-state index contributed by atoms with van der Waals surface area (Å²) in [7, 11) is -8.27. The summed E-state index contributed by atoms with van der Waals surface area (Å²) in [5.41, 5.74) is 6.75. The highest BCUT2D eigenvalue weighted by atomic mass is 32.2. The van der Waals surface area contributed by atoms with Crippen molar-refractivity contribution in [2.24, 2.45) is 0 Å². The molecule has 3 heterocycles. The second kappa shape index (κ2) is 12.5. The van der Waals surface area contributed by atoms with Gasteiger partial charge in [0.2, 0.25) is 11.1 Å². The average Bonchev–Trinajstić information content (AvgIpc) is 3.57. The van der Waals surface area contributed by atoms with Crippen molar-refractivity contribution < 1.29 is 30.5 Å². The third-order valence-corrected chi connectivity index (χ3v) is 12.0. The van der Waals surface area contributed by atoms with E-state index in [2.05, 4.69) is 56.5 Å². The normalized spacial score (nSPS) is 25.0. The van der Waals surface area contributed by atoms with Gasteiger partial charge in [-0.15, -0.1) is 0 Å². The number of quaternary nitrogens is 1. The number of hydrogen-bond donors (Lipinski definition) is 2. The van der Waals surface area contributed by atoms with E-state index in [0.29, 0.717) is 38.8 Å². The molecule has 246 valence electrons. The topological polar surface area (TPSA) is 112 Å². The molecule has 0 amide bonds. The Labute approximate surface area is 274 Å². The van der Waals surface area contributed by atoms with Crippen LogP contribution in [0, 0.1) is 0 Å². The molecule has 5 rings (SSSR count). The largest absolute Gasteiger partial charge is 0.320 e. The molecule has 2 aromatic carbocycles. The smallest absolute Gasteiger partial charge is 0.286 e. The highest BCUT2D eigenvalue weighted by Crippen LogP contribution is 2.57. The van der Waals surface area contributed by atoms with Gasteiger partial charge in [-0.25, -0.2) is 4.48 Å². The molecule has 3 aliphatic rings. The van der Waals surface area contributed by atoms with Crippen LogP contribution in [0.3, 0.4) is 0 Å². The molecule has 1 spiro atoms. The van der Waals surface area contributed by atoms with E-state index in [1.54, 1.807) is 0 Å². The van der Waals surface area contributed by atoms with Gasteiger partial charge >= 0.3 is 10.1 Å². The first kappa shape index (κ1) is 34.2. The van der Waals surface area contributed by atoms with Gasteiger partial charge < -0.3 is 0 Å². The lowest BCUT2D eigenvalue weighted by molar-refractivity contribution is -0.438. The van der Waals surface area contributed by atoms with Gasteiger partial charge in [-0.3, -0.25) is 9.11 Å². The van der Waals surface area contributed by atoms with Crippen molar-refractivity contribution in [2.45, 2.75) is 76.5 Å². The summed E-state index contributed by atoms with van der Waals surface area (Å²) in [5, 5.41) is -0.929. The fraction of sp³-hybridized carbons (Fsp3) is 0.417. The molecule has 0 aromatic heterocycles. The Kier molecular flexibility index (Phi) is 9.27. The minimum Gasteiger partial charge on any atom is -0.286 e. The molecule has 0 bridgehead atoms. The van der Waals surface area contributed by atoms with Crippen molar-refractivity contribution in [3.05, 3.63) is 107 Å². The Morgan fingerprint density at radius 1 is 0.935 bits per heavy atom. The summed E-state index contributed by atoms with van der Waals surface area (Å²) >= 11 is 0. The molecule has 2 unspecified atom stereocenters. The Bertz CT molecular complexity index is 1900. The van der Waals surface area contributed by atoms with Crippen LogP contribution in [0.15, 0.2) is 96.3 Å². The van der Waals surface area contributed by atoms with Crippen molar-refractivity contribution in [2.75, 3.05) is 18.8 Å². The predicted octanol–water partition coefficient (Wildman–Crippen LogP) is 6.98. The third kappa shape index (κ3) is 6.25. The molecule has 0 radical (unpaired) electrons. The van der Waals surface area contributed by atoms with E-state index >= 15 is 0 Å². The van der Waals surface area contributed by atoms with Crippen LogP contribution in [0.5, 0.6) is 0 Å². The summed E-state index contributed by atoms with van der Waals surface area (Å²) in [6, 6.07) is 16.2. The van der Waals surface area contributed by atoms with Crippen molar-refractivity contribution in [1.29, 1.82) is 0 Å². The minimum atomic E-state index is -4.29. The minimum absolute atomic E-state index is 0.142. The molecule has 2 atom stereocenters. The van der Waals surface area contributed by atoms with Crippen molar-refractivity contribution in [1.82, 2.24) is 4.48 Å². The van der Waals surface area contributed by atoms with Crippen LogP contribution in [-0.4, -0.2) is 60.4 Å². The van der Waals surface area contributed by atoms with E-state index in [4.69, 9.17) is 4.55 Å². The summed E-state index contributed by atoms with van der Waals surface area (Å²) in [6.07, 6.45) is 14.3. The number of allylic oxidation sites excluding steroid dienone is 8. The SMILES string of the molecule is CC(C=C/C=C1\C(C)(C)c2ccccc2[N+]12CCCC2S(=O)(=O)O)=CC=CC1=[N+](CCCCS(=O)(=O)O)c2ccccc2C1(C)C. The maximum Gasteiger partial charge on any atom is 0.320 e. The lowest BCUT2D eigenvalue weighted by Crippen LogP contribution is -2.55. The molecule has 2 N–H and O–H groups in total. The van der Waals surface area contributed by atoms with Gasteiger partial charge in [0.15, 0.2) is 5.71 Å². The van der Waals surface area contributed by atoms with Crippen molar-refractivity contribution in [3.8, 4) is 0 Å². The summed E-state index contributed by atoms with van der Waals surface area (Å²) in [4.78, 5) is 0. The second-order valence-electron chi connectivity index (χ2n) is 13.7. The monoisotopic (exact) mass is 666 g/mol. The molecule has 3 aliphatic heterocycles. The Morgan fingerprint density at radius 3 is 2.30 bits per heavy atom. The molecular formula is C36H46N2O6S2+2. The molecule has 1 fully saturated rings. The van der Waals surface area contributed by atoms with E-state index in [9.17, 15) is 21.4 Å². The van der Waals surface area contributed by atoms with E-state index in [1.807, 2.05) is 67.6 Å². The number of fused-ring (bicyclic) bond motifs is 3. The first-order valence-corrected chi connectivity index (χ1v) is 19.0. The fourth-order valence-corrected chi connectivity index (χ4v) is 9.66. The first-order chi connectivity index (χ1) is 21.5. The number of unbranched alkanes of at least 4 members (excludes halogenated alkanes) is 1. The molecule has 1 saturated heterocycles. The van der Waals surface area contributed by atoms with Crippen LogP contribution in [0.4, 0.5) is 11.4 Å². The van der Waals surface area contributed by atoms with Gasteiger partial charge in [-0.2, -0.15) is 21.4 Å². The van der Waals surface area contributed by atoms with E-state index in [-0.39, 0.29) is 15.7 Å². The highest BCUT2D eigenvalue weighted by molar-refractivity contribution is 7.86. The summed E-state index contributed by atoms with van der Waals surface area (Å²) < 4.78 is 69.6. The van der Waals surface area contributed by atoms with Gasteiger partial charge in [0.05, 0.1) is 23.1 Å². The third-order valence-electron chi connectivity index (χ3n) is 9.93. The maximum absolute atomic E-state index is 12.7. The molecule has 10 heteroatoms. The quantitative estimate of drug-likeness (QED) is 0.0931. The molecule has 0 aliphatic carbocycles. The Morgan fingerprint density at radius 2 is 1.61 bits per heavy atom. The molecule has 0 saturated carbocycles. The van der Waals surface area contributed by atoms with Crippen LogP contribution in [0.2, 0.25) is 0 Å². The molecular weight excluding hydrogens is 621 g/mol. The average molecular weight is 667 g/mol. The number of para-hydroxylation sites is 2. The molecule has 46 heavy (non-hydrogen) atoms. The molecule has 2 aromatic rings. The highest BCUT2D eigenvalue weighted by Gasteiger charge is 2.62. The van der Waals surface area contributed by atoms with E-state index < -0.39 is 31.0 Å². The zero-order chi connectivity index (χ0) is 33.5. The summed E-state index contributed by atoms with van der Waals surface area (Å²) in [5.74, 6) is -0.249. The van der Waals surface area contributed by atoms with Gasteiger partial charge in [-0.1, -0.05) is 66.3 Å².